The minimum atomic E-state index is -0.603. The zero-order valence-corrected chi connectivity index (χ0v) is 12.0. The fourth-order valence-electron chi connectivity index (χ4n) is 2.85. The monoisotopic (exact) mass is 281 g/mol. The normalized spacial score (nSPS) is 30.4. The van der Waals surface area contributed by atoms with Crippen molar-refractivity contribution < 1.29 is 9.18 Å². The molecule has 2 rings (SSSR count). The van der Waals surface area contributed by atoms with Gasteiger partial charge in [-0.2, -0.15) is 0 Å². The molecule has 0 spiro atoms. The van der Waals surface area contributed by atoms with Crippen LogP contribution in [0, 0.1) is 5.92 Å². The number of allylic oxidation sites excluding steroid dienone is 1. The number of carbonyl (C=O) groups excluding carboxylic acids is 1. The highest BCUT2D eigenvalue weighted by Gasteiger charge is 2.22. The van der Waals surface area contributed by atoms with Gasteiger partial charge in [0.2, 0.25) is 5.91 Å². The molecule has 0 aliphatic heterocycles. The second-order valence-corrected chi connectivity index (χ2v) is 5.80. The third-order valence-electron chi connectivity index (χ3n) is 4.05. The van der Waals surface area contributed by atoms with Crippen LogP contribution in [0.25, 0.3) is 0 Å². The molecule has 0 radical (unpaired) electrons. The zero-order valence-electron chi connectivity index (χ0n) is 12.0. The minimum Gasteiger partial charge on any atom is -0.401 e. The van der Waals surface area contributed by atoms with E-state index in [9.17, 15) is 9.18 Å². The number of halogens is 1. The molecule has 0 aromatic rings. The average molecular weight is 281 g/mol. The van der Waals surface area contributed by atoms with E-state index in [1.165, 1.54) is 6.92 Å². The maximum Gasteiger partial charge on any atom is 0.221 e. The zero-order chi connectivity index (χ0) is 14.5. The molecule has 0 aromatic carbocycles. The van der Waals surface area contributed by atoms with Crippen LogP contribution >= 0.6 is 0 Å². The molecule has 0 saturated heterocycles. The van der Waals surface area contributed by atoms with Gasteiger partial charge in [-0.25, -0.2) is 4.39 Å². The summed E-state index contributed by atoms with van der Waals surface area (Å²) in [5, 5.41) is 6.20. The first kappa shape index (κ1) is 15.0. The van der Waals surface area contributed by atoms with Crippen molar-refractivity contribution in [3.8, 4) is 0 Å². The number of carbonyl (C=O) groups is 1. The predicted octanol–water partition coefficient (Wildman–Crippen LogP) is 1.74. The Bertz CT molecular complexity index is 411. The van der Waals surface area contributed by atoms with E-state index < -0.39 is 6.17 Å². The Labute approximate surface area is 119 Å². The molecular formula is C15H24FN3O. The van der Waals surface area contributed by atoms with E-state index in [4.69, 9.17) is 5.73 Å². The van der Waals surface area contributed by atoms with Crippen LogP contribution in [-0.2, 0) is 4.79 Å². The van der Waals surface area contributed by atoms with Crippen molar-refractivity contribution in [3.63, 3.8) is 0 Å². The number of amides is 1. The summed E-state index contributed by atoms with van der Waals surface area (Å²) in [6, 6.07) is 0.121. The Morgan fingerprint density at radius 2 is 2.10 bits per heavy atom. The molecule has 1 fully saturated rings. The number of hydrogen-bond acceptors (Lipinski definition) is 3. The quantitative estimate of drug-likeness (QED) is 0.735. The highest BCUT2D eigenvalue weighted by atomic mass is 19.1. The van der Waals surface area contributed by atoms with Crippen LogP contribution in [0.15, 0.2) is 23.5 Å². The van der Waals surface area contributed by atoms with Crippen molar-refractivity contribution in [2.75, 3.05) is 6.54 Å². The molecule has 20 heavy (non-hydrogen) atoms. The van der Waals surface area contributed by atoms with Gasteiger partial charge in [-0.3, -0.25) is 4.79 Å². The predicted molar refractivity (Wildman–Crippen MR) is 77.4 cm³/mol. The van der Waals surface area contributed by atoms with E-state index in [1.807, 2.05) is 6.08 Å². The number of nitrogens with one attached hydrogen (secondary N) is 2. The Balaban J connectivity index is 1.77. The van der Waals surface area contributed by atoms with Crippen molar-refractivity contribution >= 4 is 5.91 Å². The maximum absolute atomic E-state index is 13.1. The molecular weight excluding hydrogens is 257 g/mol. The van der Waals surface area contributed by atoms with Gasteiger partial charge in [-0.1, -0.05) is 6.08 Å². The topological polar surface area (TPSA) is 67.2 Å². The Morgan fingerprint density at radius 3 is 2.70 bits per heavy atom. The van der Waals surface area contributed by atoms with E-state index in [-0.39, 0.29) is 11.9 Å². The average Bonchev–Trinajstić information content (AvgIpc) is 2.39. The molecule has 1 saturated carbocycles. The molecule has 1 amide bonds. The van der Waals surface area contributed by atoms with Gasteiger partial charge in [0.1, 0.15) is 6.17 Å². The Hall–Kier alpha value is -1.36. The van der Waals surface area contributed by atoms with Gasteiger partial charge in [-0.15, -0.1) is 0 Å². The number of nitrogens with two attached hydrogens (primary N) is 1. The second kappa shape index (κ2) is 6.88. The summed E-state index contributed by atoms with van der Waals surface area (Å²) < 4.78 is 13.1. The highest BCUT2D eigenvalue weighted by Crippen LogP contribution is 2.26. The molecule has 4 N–H and O–H groups in total. The van der Waals surface area contributed by atoms with Gasteiger partial charge in [0.05, 0.1) is 6.04 Å². The van der Waals surface area contributed by atoms with Crippen LogP contribution in [0.1, 0.15) is 39.0 Å². The van der Waals surface area contributed by atoms with Gasteiger partial charge in [0.25, 0.3) is 0 Å². The van der Waals surface area contributed by atoms with Crippen LogP contribution in [0.4, 0.5) is 4.39 Å². The summed E-state index contributed by atoms with van der Waals surface area (Å²) in [5.41, 5.74) is 7.54. The summed E-state index contributed by atoms with van der Waals surface area (Å²) in [5.74, 6) is 0.463. The van der Waals surface area contributed by atoms with Crippen molar-refractivity contribution in [1.29, 1.82) is 0 Å². The second-order valence-electron chi connectivity index (χ2n) is 5.80. The van der Waals surface area contributed by atoms with Gasteiger partial charge in [0, 0.05) is 18.3 Å². The van der Waals surface area contributed by atoms with Gasteiger partial charge >= 0.3 is 0 Å². The molecule has 4 nitrogen and oxygen atoms in total. The summed E-state index contributed by atoms with van der Waals surface area (Å²) in [6.45, 7) is 2.37. The first-order valence-corrected chi connectivity index (χ1v) is 7.37. The third kappa shape index (κ3) is 4.34. The van der Waals surface area contributed by atoms with Crippen molar-refractivity contribution in [2.45, 2.75) is 51.2 Å². The van der Waals surface area contributed by atoms with Crippen LogP contribution in [0.2, 0.25) is 0 Å². The SMILES string of the molecule is CC(=O)NC1=CCC(NCC2CCC(F)CC2)C(N)=C1. The third-order valence-corrected chi connectivity index (χ3v) is 4.05. The standard InChI is InChI=1S/C15H24FN3O/c1-10(20)19-13-6-7-15(14(17)8-13)18-9-11-2-4-12(16)5-3-11/h6,8,11-12,15,18H,2-5,7,9,17H2,1H3,(H,19,20). The van der Waals surface area contributed by atoms with E-state index in [0.717, 1.165) is 37.2 Å². The Kier molecular flexibility index (Phi) is 5.17. The lowest BCUT2D eigenvalue weighted by Gasteiger charge is -2.28. The highest BCUT2D eigenvalue weighted by molar-refractivity contribution is 5.75. The first-order chi connectivity index (χ1) is 9.54. The van der Waals surface area contributed by atoms with Gasteiger partial charge in [0.15, 0.2) is 0 Å². The molecule has 0 aromatic heterocycles. The summed E-state index contributed by atoms with van der Waals surface area (Å²) >= 11 is 0. The van der Waals surface area contributed by atoms with E-state index >= 15 is 0 Å². The lowest BCUT2D eigenvalue weighted by Crippen LogP contribution is -2.39. The number of alkyl halides is 1. The van der Waals surface area contributed by atoms with Crippen LogP contribution in [0.5, 0.6) is 0 Å². The molecule has 1 unspecified atom stereocenters. The summed E-state index contributed by atoms with van der Waals surface area (Å²) in [4.78, 5) is 11.0. The maximum atomic E-state index is 13.1. The minimum absolute atomic E-state index is 0.0882. The van der Waals surface area contributed by atoms with E-state index in [2.05, 4.69) is 10.6 Å². The van der Waals surface area contributed by atoms with E-state index in [0.29, 0.717) is 18.8 Å². The summed E-state index contributed by atoms with van der Waals surface area (Å²) in [6.07, 6.45) is 7.25. The van der Waals surface area contributed by atoms with Gasteiger partial charge < -0.3 is 16.4 Å². The van der Waals surface area contributed by atoms with Crippen LogP contribution < -0.4 is 16.4 Å². The van der Waals surface area contributed by atoms with E-state index in [1.54, 1.807) is 6.08 Å². The molecule has 5 heteroatoms. The molecule has 0 heterocycles. The van der Waals surface area contributed by atoms with Crippen molar-refractivity contribution in [1.82, 2.24) is 10.6 Å². The largest absolute Gasteiger partial charge is 0.401 e. The molecule has 2 aliphatic rings. The van der Waals surface area contributed by atoms with Crippen LogP contribution in [0.3, 0.4) is 0 Å². The first-order valence-electron chi connectivity index (χ1n) is 7.37. The van der Waals surface area contributed by atoms with Crippen molar-refractivity contribution in [3.05, 3.63) is 23.5 Å². The lowest BCUT2D eigenvalue weighted by molar-refractivity contribution is -0.118. The fourth-order valence-corrected chi connectivity index (χ4v) is 2.85. The van der Waals surface area contributed by atoms with Gasteiger partial charge in [-0.05, 0) is 50.6 Å². The number of hydrogen-bond donors (Lipinski definition) is 3. The van der Waals surface area contributed by atoms with Crippen molar-refractivity contribution in [2.24, 2.45) is 11.7 Å². The number of rotatable bonds is 4. The molecule has 112 valence electrons. The summed E-state index contributed by atoms with van der Waals surface area (Å²) in [7, 11) is 0. The fraction of sp³-hybridized carbons (Fsp3) is 0.667. The van der Waals surface area contributed by atoms with Crippen LogP contribution in [-0.4, -0.2) is 24.7 Å². The molecule has 1 atom stereocenters. The lowest BCUT2D eigenvalue weighted by atomic mass is 9.88. The Morgan fingerprint density at radius 1 is 1.40 bits per heavy atom. The molecule has 0 bridgehead atoms. The smallest absolute Gasteiger partial charge is 0.221 e. The molecule has 2 aliphatic carbocycles.